The van der Waals surface area contributed by atoms with Crippen molar-refractivity contribution in [2.75, 3.05) is 6.61 Å². The van der Waals surface area contributed by atoms with Gasteiger partial charge in [0.15, 0.2) is 5.69 Å². The molecule has 2 rings (SSSR count). The minimum absolute atomic E-state index is 0.0579. The Morgan fingerprint density at radius 1 is 1.73 bits per heavy atom. The van der Waals surface area contributed by atoms with Crippen LogP contribution in [0.2, 0.25) is 0 Å². The first-order valence-electron chi connectivity index (χ1n) is 4.96. The van der Waals surface area contributed by atoms with Gasteiger partial charge in [-0.25, -0.2) is 9.78 Å². The summed E-state index contributed by atoms with van der Waals surface area (Å²) in [5.41, 5.74) is 2.00. The van der Waals surface area contributed by atoms with Crippen molar-refractivity contribution in [2.24, 2.45) is 0 Å². The summed E-state index contributed by atoms with van der Waals surface area (Å²) in [7, 11) is 0. The highest BCUT2D eigenvalue weighted by molar-refractivity contribution is 7.07. The predicted octanol–water partition coefficient (Wildman–Crippen LogP) is 1.87. The molecule has 15 heavy (non-hydrogen) atoms. The van der Waals surface area contributed by atoms with Crippen LogP contribution in [0.3, 0.4) is 0 Å². The average Bonchev–Trinajstić information content (AvgIpc) is 2.84. The Kier molecular flexibility index (Phi) is 3.33. The lowest BCUT2D eigenvalue weighted by Crippen LogP contribution is -2.19. The van der Waals surface area contributed by atoms with Crippen LogP contribution in [0.15, 0.2) is 10.9 Å². The zero-order valence-corrected chi connectivity index (χ0v) is 9.33. The highest BCUT2D eigenvalue weighted by Gasteiger charge is 2.23. The van der Waals surface area contributed by atoms with Crippen LogP contribution in [-0.2, 0) is 9.47 Å². The topological polar surface area (TPSA) is 48.4 Å². The Hall–Kier alpha value is -0.940. The van der Waals surface area contributed by atoms with Gasteiger partial charge in [-0.2, -0.15) is 0 Å². The molecule has 0 bridgehead atoms. The van der Waals surface area contributed by atoms with E-state index in [1.54, 1.807) is 10.9 Å². The number of carbonyl (C=O) groups excluding carboxylic acids is 1. The Morgan fingerprint density at radius 3 is 3.20 bits per heavy atom. The van der Waals surface area contributed by atoms with Gasteiger partial charge in [-0.1, -0.05) is 0 Å². The lowest BCUT2D eigenvalue weighted by molar-refractivity contribution is -0.00294. The van der Waals surface area contributed by atoms with Crippen molar-refractivity contribution in [2.45, 2.75) is 32.0 Å². The maximum absolute atomic E-state index is 11.4. The zero-order valence-electron chi connectivity index (χ0n) is 8.51. The van der Waals surface area contributed by atoms with Crippen LogP contribution in [-0.4, -0.2) is 29.8 Å². The average molecular weight is 227 g/mol. The summed E-state index contributed by atoms with van der Waals surface area (Å²) in [6, 6.07) is 0. The molecule has 1 saturated heterocycles. The molecule has 2 heterocycles. The van der Waals surface area contributed by atoms with Crippen LogP contribution in [0.25, 0.3) is 0 Å². The van der Waals surface area contributed by atoms with E-state index in [1.807, 2.05) is 6.92 Å². The number of esters is 1. The largest absolute Gasteiger partial charge is 0.458 e. The molecular weight excluding hydrogens is 214 g/mol. The van der Waals surface area contributed by atoms with Gasteiger partial charge in [0.2, 0.25) is 0 Å². The lowest BCUT2D eigenvalue weighted by atomic mass is 10.2. The van der Waals surface area contributed by atoms with E-state index in [4.69, 9.17) is 9.47 Å². The molecule has 1 aromatic heterocycles. The van der Waals surface area contributed by atoms with Crippen molar-refractivity contribution in [3.63, 3.8) is 0 Å². The fraction of sp³-hybridized carbons (Fsp3) is 0.600. The number of hydrogen-bond acceptors (Lipinski definition) is 5. The predicted molar refractivity (Wildman–Crippen MR) is 56.0 cm³/mol. The summed E-state index contributed by atoms with van der Waals surface area (Å²) < 4.78 is 10.6. The third-order valence-electron chi connectivity index (χ3n) is 2.36. The quantitative estimate of drug-likeness (QED) is 0.740. The van der Waals surface area contributed by atoms with Gasteiger partial charge in [0.1, 0.15) is 6.61 Å². The van der Waals surface area contributed by atoms with Gasteiger partial charge >= 0.3 is 5.97 Å². The standard InChI is InChI=1S/C10H13NO3S/c1-7-2-3-8(14-7)4-13-10(12)9-5-15-6-11-9/h5-8H,2-4H2,1H3. The summed E-state index contributed by atoms with van der Waals surface area (Å²) in [4.78, 5) is 15.3. The molecule has 0 amide bonds. The van der Waals surface area contributed by atoms with Crippen LogP contribution in [0.4, 0.5) is 0 Å². The van der Waals surface area contributed by atoms with Crippen LogP contribution in [0.5, 0.6) is 0 Å². The Bertz CT molecular complexity index is 325. The summed E-state index contributed by atoms with van der Waals surface area (Å²) in [5.74, 6) is -0.362. The molecule has 4 nitrogen and oxygen atoms in total. The van der Waals surface area contributed by atoms with Crippen LogP contribution < -0.4 is 0 Å². The highest BCUT2D eigenvalue weighted by Crippen LogP contribution is 2.19. The summed E-state index contributed by atoms with van der Waals surface area (Å²) in [6.07, 6.45) is 2.35. The number of rotatable bonds is 3. The number of ether oxygens (including phenoxy) is 2. The molecule has 82 valence electrons. The molecule has 1 aromatic rings. The number of aromatic nitrogens is 1. The second kappa shape index (κ2) is 4.72. The summed E-state index contributed by atoms with van der Waals surface area (Å²) >= 11 is 1.38. The van der Waals surface area contributed by atoms with E-state index in [1.165, 1.54) is 11.3 Å². The minimum Gasteiger partial charge on any atom is -0.458 e. The summed E-state index contributed by atoms with van der Waals surface area (Å²) in [6.45, 7) is 2.36. The van der Waals surface area contributed by atoms with E-state index in [0.29, 0.717) is 12.3 Å². The molecule has 2 unspecified atom stereocenters. The van der Waals surface area contributed by atoms with Gasteiger partial charge in [0, 0.05) is 5.38 Å². The van der Waals surface area contributed by atoms with Crippen molar-refractivity contribution >= 4 is 17.3 Å². The van der Waals surface area contributed by atoms with Gasteiger partial charge in [-0.3, -0.25) is 0 Å². The maximum Gasteiger partial charge on any atom is 0.357 e. The van der Waals surface area contributed by atoms with E-state index < -0.39 is 0 Å². The molecule has 0 radical (unpaired) electrons. The Labute approximate surface area is 92.2 Å². The molecule has 0 spiro atoms. The molecule has 0 aliphatic carbocycles. The molecule has 1 aliphatic rings. The molecule has 0 saturated carbocycles. The van der Waals surface area contributed by atoms with Crippen molar-refractivity contribution in [1.29, 1.82) is 0 Å². The van der Waals surface area contributed by atoms with Gasteiger partial charge in [-0.05, 0) is 19.8 Å². The maximum atomic E-state index is 11.4. The van der Waals surface area contributed by atoms with Crippen molar-refractivity contribution in [3.8, 4) is 0 Å². The molecular formula is C10H13NO3S. The Morgan fingerprint density at radius 2 is 2.60 bits per heavy atom. The second-order valence-corrected chi connectivity index (χ2v) is 4.34. The third kappa shape index (κ3) is 2.76. The first kappa shape index (κ1) is 10.6. The number of carbonyl (C=O) groups is 1. The highest BCUT2D eigenvalue weighted by atomic mass is 32.1. The van der Waals surface area contributed by atoms with Gasteiger partial charge in [0.25, 0.3) is 0 Å². The van der Waals surface area contributed by atoms with E-state index in [9.17, 15) is 4.79 Å². The summed E-state index contributed by atoms with van der Waals surface area (Å²) in [5, 5.41) is 1.68. The molecule has 5 heteroatoms. The minimum atomic E-state index is -0.362. The number of hydrogen-bond donors (Lipinski definition) is 0. The normalized spacial score (nSPS) is 25.4. The van der Waals surface area contributed by atoms with Gasteiger partial charge < -0.3 is 9.47 Å². The number of thiazole rings is 1. The number of nitrogens with zero attached hydrogens (tertiary/aromatic N) is 1. The van der Waals surface area contributed by atoms with E-state index in [-0.39, 0.29) is 18.2 Å². The van der Waals surface area contributed by atoms with Gasteiger partial charge in [-0.15, -0.1) is 11.3 Å². The molecule has 1 aliphatic heterocycles. The van der Waals surface area contributed by atoms with E-state index in [0.717, 1.165) is 12.8 Å². The molecule has 0 aromatic carbocycles. The first-order chi connectivity index (χ1) is 7.25. The van der Waals surface area contributed by atoms with Crippen molar-refractivity contribution in [3.05, 3.63) is 16.6 Å². The van der Waals surface area contributed by atoms with E-state index in [2.05, 4.69) is 4.98 Å². The fourth-order valence-corrected chi connectivity index (χ4v) is 2.09. The van der Waals surface area contributed by atoms with Crippen molar-refractivity contribution in [1.82, 2.24) is 4.98 Å². The molecule has 2 atom stereocenters. The van der Waals surface area contributed by atoms with Crippen LogP contribution in [0, 0.1) is 0 Å². The van der Waals surface area contributed by atoms with E-state index >= 15 is 0 Å². The monoisotopic (exact) mass is 227 g/mol. The first-order valence-corrected chi connectivity index (χ1v) is 5.91. The fourth-order valence-electron chi connectivity index (χ4n) is 1.56. The van der Waals surface area contributed by atoms with Gasteiger partial charge in [0.05, 0.1) is 17.7 Å². The molecule has 1 fully saturated rings. The Balaban J connectivity index is 1.76. The SMILES string of the molecule is CC1CCC(COC(=O)c2cscn2)O1. The van der Waals surface area contributed by atoms with Crippen LogP contribution >= 0.6 is 11.3 Å². The second-order valence-electron chi connectivity index (χ2n) is 3.62. The zero-order chi connectivity index (χ0) is 10.7. The lowest BCUT2D eigenvalue weighted by Gasteiger charge is -2.10. The third-order valence-corrected chi connectivity index (χ3v) is 2.95. The molecule has 0 N–H and O–H groups in total. The van der Waals surface area contributed by atoms with Crippen molar-refractivity contribution < 1.29 is 14.3 Å². The van der Waals surface area contributed by atoms with Crippen LogP contribution in [0.1, 0.15) is 30.3 Å². The smallest absolute Gasteiger partial charge is 0.357 e.